The highest BCUT2D eigenvalue weighted by molar-refractivity contribution is 7.97. The highest BCUT2D eigenvalue weighted by Gasteiger charge is 2.22. The molecule has 2 N–H and O–H groups in total. The summed E-state index contributed by atoms with van der Waals surface area (Å²) >= 11 is 9.31. The number of aromatic nitrogens is 1. The predicted molar refractivity (Wildman–Crippen MR) is 107 cm³/mol. The molecule has 1 aromatic heterocycles. The zero-order valence-electron chi connectivity index (χ0n) is 14.2. The minimum Gasteiger partial charge on any atom is -0.386 e. The molecule has 3 unspecified atom stereocenters. The van der Waals surface area contributed by atoms with E-state index in [4.69, 9.17) is 11.6 Å². The molecule has 7 heteroatoms. The lowest BCUT2D eigenvalue weighted by molar-refractivity contribution is 0.118. The minimum atomic E-state index is -0.986. The molecule has 0 bridgehead atoms. The van der Waals surface area contributed by atoms with Crippen molar-refractivity contribution in [1.29, 1.82) is 0 Å². The lowest BCUT2D eigenvalue weighted by Crippen LogP contribution is -2.37. The normalized spacial score (nSPS) is 14.8. The van der Waals surface area contributed by atoms with Gasteiger partial charge in [-0.25, -0.2) is 9.37 Å². The van der Waals surface area contributed by atoms with Gasteiger partial charge in [0.2, 0.25) is 0 Å². The van der Waals surface area contributed by atoms with Gasteiger partial charge in [0, 0.05) is 17.6 Å². The van der Waals surface area contributed by atoms with Crippen molar-refractivity contribution in [3.63, 3.8) is 0 Å². The number of aliphatic hydroxyl groups is 1. The number of rotatable bonds is 9. The van der Waals surface area contributed by atoms with Gasteiger partial charge in [0.1, 0.15) is 17.8 Å². The van der Waals surface area contributed by atoms with Gasteiger partial charge >= 0.3 is 0 Å². The molecule has 0 saturated heterocycles. The maximum Gasteiger partial charge on any atom is 0.112 e. The van der Waals surface area contributed by atoms with Gasteiger partial charge in [-0.15, -0.1) is 22.9 Å². The summed E-state index contributed by atoms with van der Waals surface area (Å²) in [4.78, 5) is 5.48. The Morgan fingerprint density at radius 2 is 2.12 bits per heavy atom. The molecule has 136 valence electrons. The third kappa shape index (κ3) is 5.45. The fraction of sp³-hybridized carbons (Fsp3) is 0.389. The maximum absolute atomic E-state index is 13.3. The zero-order chi connectivity index (χ0) is 18.4. The Kier molecular flexibility index (Phi) is 7.75. The second kappa shape index (κ2) is 9.57. The molecule has 2 aromatic rings. The van der Waals surface area contributed by atoms with Gasteiger partial charge in [0.15, 0.2) is 0 Å². The van der Waals surface area contributed by atoms with E-state index in [9.17, 15) is 9.50 Å². The number of nitrogens with zero attached hydrogens (tertiary/aromatic N) is 1. The average molecular weight is 401 g/mol. The minimum absolute atomic E-state index is 0.342. The van der Waals surface area contributed by atoms with E-state index in [1.54, 1.807) is 30.0 Å². The highest BCUT2D eigenvalue weighted by atomic mass is 35.5. The van der Waals surface area contributed by atoms with Gasteiger partial charge in [-0.05, 0) is 24.3 Å². The topological polar surface area (TPSA) is 45.1 Å². The van der Waals surface area contributed by atoms with E-state index in [-0.39, 0.29) is 5.38 Å². The number of alkyl halides is 2. The first-order chi connectivity index (χ1) is 12.0. The van der Waals surface area contributed by atoms with Crippen molar-refractivity contribution in [2.24, 2.45) is 0 Å². The number of thioether (sulfide) groups is 1. The van der Waals surface area contributed by atoms with Crippen LogP contribution in [-0.4, -0.2) is 34.4 Å². The van der Waals surface area contributed by atoms with Crippen LogP contribution >= 0.6 is 34.7 Å². The summed E-state index contributed by atoms with van der Waals surface area (Å²) in [6, 6.07) is 6.68. The van der Waals surface area contributed by atoms with Crippen molar-refractivity contribution in [3.8, 4) is 10.4 Å². The van der Waals surface area contributed by atoms with Crippen molar-refractivity contribution in [2.75, 3.05) is 12.9 Å². The van der Waals surface area contributed by atoms with Crippen LogP contribution in [0.2, 0.25) is 0 Å². The number of halogens is 2. The Bertz CT molecular complexity index is 691. The van der Waals surface area contributed by atoms with Crippen LogP contribution in [0.25, 0.3) is 10.4 Å². The molecule has 1 aromatic carbocycles. The number of thiazole rings is 1. The molecule has 0 aliphatic heterocycles. The fourth-order valence-corrected chi connectivity index (χ4v) is 3.96. The Balaban J connectivity index is 2.10. The molecule has 0 radical (unpaired) electrons. The van der Waals surface area contributed by atoms with Crippen molar-refractivity contribution < 1.29 is 9.50 Å². The second-order valence-corrected chi connectivity index (χ2v) is 8.30. The van der Waals surface area contributed by atoms with Gasteiger partial charge in [0.25, 0.3) is 0 Å². The molecule has 0 amide bonds. The van der Waals surface area contributed by atoms with Crippen LogP contribution in [-0.2, 0) is 5.75 Å². The lowest BCUT2D eigenvalue weighted by atomic mass is 10.0. The van der Waals surface area contributed by atoms with Crippen LogP contribution in [0.1, 0.15) is 23.6 Å². The molecule has 3 nitrogen and oxygen atoms in total. The monoisotopic (exact) mass is 400 g/mol. The second-order valence-electron chi connectivity index (χ2n) is 5.66. The first kappa shape index (κ1) is 20.2. The van der Waals surface area contributed by atoms with Crippen LogP contribution < -0.4 is 5.32 Å². The molecule has 0 spiro atoms. The number of allylic oxidation sites excluding steroid dienone is 1. The van der Waals surface area contributed by atoms with E-state index in [1.165, 1.54) is 0 Å². The molecule has 0 aliphatic rings. The highest BCUT2D eigenvalue weighted by Crippen LogP contribution is 2.29. The van der Waals surface area contributed by atoms with E-state index in [2.05, 4.69) is 16.9 Å². The van der Waals surface area contributed by atoms with Crippen molar-refractivity contribution in [3.05, 3.63) is 53.3 Å². The van der Waals surface area contributed by atoms with E-state index in [1.807, 2.05) is 36.7 Å². The molecular formula is C18H22ClFN2OS2. The molecule has 3 atom stereocenters. The number of nitrogens with one attached hydrogen (secondary N) is 1. The van der Waals surface area contributed by atoms with E-state index in [0.717, 1.165) is 21.2 Å². The summed E-state index contributed by atoms with van der Waals surface area (Å²) in [6.45, 7) is 4.78. The Hall–Kier alpha value is -1.08. The third-order valence-electron chi connectivity index (χ3n) is 3.76. The van der Waals surface area contributed by atoms with Gasteiger partial charge in [-0.1, -0.05) is 30.8 Å². The largest absolute Gasteiger partial charge is 0.386 e. The van der Waals surface area contributed by atoms with Crippen LogP contribution in [0.15, 0.2) is 42.7 Å². The van der Waals surface area contributed by atoms with Gasteiger partial charge in [0.05, 0.1) is 16.3 Å². The van der Waals surface area contributed by atoms with Gasteiger partial charge in [-0.3, -0.25) is 0 Å². The lowest BCUT2D eigenvalue weighted by Gasteiger charge is -2.25. The number of aliphatic hydroxyl groups excluding tert-OH is 1. The molecule has 0 fully saturated rings. The SMILES string of the molecule is C=C(NC(CF)C(O)c1ccc(-c2cnc(CSC)s2)cc1)C(C)Cl. The van der Waals surface area contributed by atoms with Gasteiger partial charge < -0.3 is 10.4 Å². The summed E-state index contributed by atoms with van der Waals surface area (Å²) in [5.74, 6) is 0.897. The van der Waals surface area contributed by atoms with E-state index in [0.29, 0.717) is 11.3 Å². The fourth-order valence-electron chi connectivity index (χ4n) is 2.27. The third-order valence-corrected chi connectivity index (χ3v) is 5.81. The Morgan fingerprint density at radius 3 is 2.68 bits per heavy atom. The van der Waals surface area contributed by atoms with Crippen molar-refractivity contribution in [1.82, 2.24) is 10.3 Å². The molecule has 25 heavy (non-hydrogen) atoms. The first-order valence-corrected chi connectivity index (χ1v) is 10.5. The Labute approximate surface area is 161 Å². The molecule has 1 heterocycles. The standard InChI is InChI=1S/C18H22ClFN2OS2/c1-11(19)12(2)22-15(8-20)18(23)14-6-4-13(5-7-14)16-9-21-17(25-16)10-24-3/h4-7,9,11,15,18,22-23H,2,8,10H2,1,3H3. The smallest absolute Gasteiger partial charge is 0.112 e. The zero-order valence-corrected chi connectivity index (χ0v) is 16.6. The molecule has 2 rings (SSSR count). The quantitative estimate of drug-likeness (QED) is 0.595. The number of benzene rings is 1. The predicted octanol–water partition coefficient (Wildman–Crippen LogP) is 4.78. The van der Waals surface area contributed by atoms with Crippen LogP contribution in [0.4, 0.5) is 4.39 Å². The molecular weight excluding hydrogens is 379 g/mol. The van der Waals surface area contributed by atoms with Crippen LogP contribution in [0.3, 0.4) is 0 Å². The number of hydrogen-bond donors (Lipinski definition) is 2. The van der Waals surface area contributed by atoms with Crippen molar-refractivity contribution in [2.45, 2.75) is 30.2 Å². The van der Waals surface area contributed by atoms with Crippen LogP contribution in [0.5, 0.6) is 0 Å². The summed E-state index contributed by atoms with van der Waals surface area (Å²) in [6.07, 6.45) is 2.92. The summed E-state index contributed by atoms with van der Waals surface area (Å²) in [5.41, 5.74) is 2.16. The van der Waals surface area contributed by atoms with Crippen LogP contribution in [0, 0.1) is 0 Å². The summed E-state index contributed by atoms with van der Waals surface area (Å²) in [5, 5.41) is 14.1. The van der Waals surface area contributed by atoms with E-state index < -0.39 is 18.8 Å². The van der Waals surface area contributed by atoms with Gasteiger partial charge in [-0.2, -0.15) is 11.8 Å². The summed E-state index contributed by atoms with van der Waals surface area (Å²) in [7, 11) is 0. The van der Waals surface area contributed by atoms with Crippen molar-refractivity contribution >= 4 is 34.7 Å². The number of hydrogen-bond acceptors (Lipinski definition) is 5. The first-order valence-electron chi connectivity index (χ1n) is 7.83. The Morgan fingerprint density at radius 1 is 1.44 bits per heavy atom. The maximum atomic E-state index is 13.3. The average Bonchev–Trinajstić information content (AvgIpc) is 3.08. The van der Waals surface area contributed by atoms with E-state index >= 15 is 0 Å². The summed E-state index contributed by atoms with van der Waals surface area (Å²) < 4.78 is 13.3. The molecule has 0 aliphatic carbocycles. The molecule has 0 saturated carbocycles.